The number of likely N-dealkylation sites (tertiary alicyclic amines) is 1. The molecule has 0 unspecified atom stereocenters. The third-order valence-electron chi connectivity index (χ3n) is 4.38. The molecule has 2 fully saturated rings. The number of piperidine rings is 1. The molecule has 2 aliphatic rings. The number of halogens is 3. The number of ether oxygens (including phenoxy) is 1. The second-order valence-electron chi connectivity index (χ2n) is 5.92. The van der Waals surface area contributed by atoms with Gasteiger partial charge in [-0.25, -0.2) is 4.98 Å². The van der Waals surface area contributed by atoms with Gasteiger partial charge in [-0.1, -0.05) is 0 Å². The van der Waals surface area contributed by atoms with Crippen molar-refractivity contribution in [2.45, 2.75) is 44.0 Å². The minimum atomic E-state index is -4.47. The van der Waals surface area contributed by atoms with Gasteiger partial charge in [-0.3, -0.25) is 0 Å². The number of nitrogens with zero attached hydrogens (tertiary/aromatic N) is 3. The summed E-state index contributed by atoms with van der Waals surface area (Å²) in [5, 5.41) is 0. The van der Waals surface area contributed by atoms with E-state index in [-0.39, 0.29) is 12.1 Å². The smallest absolute Gasteiger partial charge is 0.433 e. The van der Waals surface area contributed by atoms with E-state index in [4.69, 9.17) is 4.74 Å². The van der Waals surface area contributed by atoms with E-state index < -0.39 is 11.9 Å². The average molecular weight is 347 g/mol. The highest BCUT2D eigenvalue weighted by Gasteiger charge is 2.33. The Labute approximate surface area is 137 Å². The van der Waals surface area contributed by atoms with E-state index in [1.807, 2.05) is 11.8 Å². The third kappa shape index (κ3) is 4.50. The van der Waals surface area contributed by atoms with Gasteiger partial charge < -0.3 is 9.64 Å². The van der Waals surface area contributed by atoms with Crippen LogP contribution >= 0.6 is 11.8 Å². The lowest BCUT2D eigenvalue weighted by Gasteiger charge is -2.38. The topological polar surface area (TPSA) is 38.2 Å². The zero-order valence-corrected chi connectivity index (χ0v) is 13.6. The van der Waals surface area contributed by atoms with Gasteiger partial charge in [0, 0.05) is 25.3 Å². The molecule has 0 atom stereocenters. The van der Waals surface area contributed by atoms with E-state index >= 15 is 0 Å². The Bertz CT molecular complexity index is 515. The first kappa shape index (κ1) is 16.8. The summed E-state index contributed by atoms with van der Waals surface area (Å²) in [6.07, 6.45) is 0.600. The zero-order chi connectivity index (χ0) is 16.3. The van der Waals surface area contributed by atoms with E-state index in [9.17, 15) is 13.2 Å². The lowest BCUT2D eigenvalue weighted by atomic mass is 10.0. The molecule has 0 N–H and O–H groups in total. The molecular formula is C15H20F3N3OS. The summed E-state index contributed by atoms with van der Waals surface area (Å²) in [5.74, 6) is 2.44. The fourth-order valence-electron chi connectivity index (χ4n) is 3.11. The van der Waals surface area contributed by atoms with Crippen molar-refractivity contribution in [2.75, 3.05) is 24.6 Å². The number of rotatable bonds is 3. The molecule has 0 aliphatic carbocycles. The van der Waals surface area contributed by atoms with Gasteiger partial charge in [-0.2, -0.15) is 29.9 Å². The van der Waals surface area contributed by atoms with Crippen molar-refractivity contribution in [1.29, 1.82) is 0 Å². The average Bonchev–Trinajstić information content (AvgIpc) is 2.56. The lowest BCUT2D eigenvalue weighted by molar-refractivity contribution is -0.141. The molecule has 0 saturated carbocycles. The third-order valence-corrected chi connectivity index (χ3v) is 5.43. The van der Waals surface area contributed by atoms with Gasteiger partial charge in [0.25, 0.3) is 0 Å². The summed E-state index contributed by atoms with van der Waals surface area (Å²) in [6, 6.07) is 1.34. The van der Waals surface area contributed by atoms with Crippen molar-refractivity contribution in [3.63, 3.8) is 0 Å². The maximum absolute atomic E-state index is 12.6. The van der Waals surface area contributed by atoms with Crippen molar-refractivity contribution < 1.29 is 17.9 Å². The Morgan fingerprint density at radius 3 is 2.48 bits per heavy atom. The van der Waals surface area contributed by atoms with Crippen LogP contribution in [0.1, 0.15) is 31.4 Å². The summed E-state index contributed by atoms with van der Waals surface area (Å²) < 4.78 is 43.5. The number of aromatic nitrogens is 2. The fraction of sp³-hybridized carbons (Fsp3) is 0.733. The minimum Gasteiger partial charge on any atom is -0.460 e. The largest absolute Gasteiger partial charge is 0.460 e. The second-order valence-corrected chi connectivity index (χ2v) is 7.14. The van der Waals surface area contributed by atoms with E-state index in [1.165, 1.54) is 24.3 Å². The summed E-state index contributed by atoms with van der Waals surface area (Å²) in [5.41, 5.74) is -0.959. The first-order valence-corrected chi connectivity index (χ1v) is 9.06. The Hall–Kier alpha value is -1.02. The van der Waals surface area contributed by atoms with Crippen LogP contribution in [0.25, 0.3) is 0 Å². The second kappa shape index (κ2) is 7.25. The molecule has 2 aliphatic heterocycles. The van der Waals surface area contributed by atoms with E-state index in [1.54, 1.807) is 0 Å². The number of hydrogen-bond acceptors (Lipinski definition) is 5. The summed E-state index contributed by atoms with van der Waals surface area (Å²) >= 11 is 2.01. The van der Waals surface area contributed by atoms with Crippen LogP contribution in [0.15, 0.2) is 12.3 Å². The molecule has 8 heteroatoms. The van der Waals surface area contributed by atoms with Crippen molar-refractivity contribution in [1.82, 2.24) is 14.9 Å². The maximum Gasteiger partial charge on any atom is 0.433 e. The molecule has 2 saturated heterocycles. The van der Waals surface area contributed by atoms with E-state index in [2.05, 4.69) is 14.9 Å². The molecule has 0 amide bonds. The van der Waals surface area contributed by atoms with Crippen LogP contribution in [0.3, 0.4) is 0 Å². The molecule has 0 bridgehead atoms. The van der Waals surface area contributed by atoms with Crippen molar-refractivity contribution in [3.8, 4) is 6.01 Å². The molecular weight excluding hydrogens is 327 g/mol. The van der Waals surface area contributed by atoms with Crippen LogP contribution < -0.4 is 4.74 Å². The number of alkyl halides is 3. The van der Waals surface area contributed by atoms with Crippen molar-refractivity contribution >= 4 is 11.8 Å². The summed E-state index contributed by atoms with van der Waals surface area (Å²) in [6.45, 7) is 1.86. The Balaban J connectivity index is 1.52. The standard InChI is InChI=1S/C15H20F3N3OS/c16-15(17,18)13-1-6-19-14(20-13)22-12-2-7-21(8-3-12)11-4-9-23-10-5-11/h1,6,11-12H,2-5,7-10H2. The van der Waals surface area contributed by atoms with Gasteiger partial charge in [0.05, 0.1) is 0 Å². The minimum absolute atomic E-state index is 0.104. The first-order valence-electron chi connectivity index (χ1n) is 7.91. The highest BCUT2D eigenvalue weighted by atomic mass is 32.2. The van der Waals surface area contributed by atoms with Gasteiger partial charge in [0.2, 0.25) is 0 Å². The van der Waals surface area contributed by atoms with Crippen molar-refractivity contribution in [2.24, 2.45) is 0 Å². The maximum atomic E-state index is 12.6. The highest BCUT2D eigenvalue weighted by molar-refractivity contribution is 7.99. The van der Waals surface area contributed by atoms with Gasteiger partial charge in [-0.05, 0) is 43.3 Å². The predicted molar refractivity (Wildman–Crippen MR) is 82.6 cm³/mol. The monoisotopic (exact) mass is 347 g/mol. The van der Waals surface area contributed by atoms with Gasteiger partial charge in [0.1, 0.15) is 6.10 Å². The zero-order valence-electron chi connectivity index (χ0n) is 12.8. The Kier molecular flexibility index (Phi) is 5.31. The van der Waals surface area contributed by atoms with Crippen LogP contribution in [0, 0.1) is 0 Å². The predicted octanol–water partition coefficient (Wildman–Crippen LogP) is 3.23. The Morgan fingerprint density at radius 2 is 1.83 bits per heavy atom. The van der Waals surface area contributed by atoms with Gasteiger partial charge in [-0.15, -0.1) is 0 Å². The van der Waals surface area contributed by atoms with Crippen molar-refractivity contribution in [3.05, 3.63) is 18.0 Å². The molecule has 3 rings (SSSR count). The van der Waals surface area contributed by atoms with Gasteiger partial charge in [0.15, 0.2) is 5.69 Å². The molecule has 0 aromatic carbocycles. The quantitative estimate of drug-likeness (QED) is 0.839. The molecule has 1 aromatic heterocycles. The summed E-state index contributed by atoms with van der Waals surface area (Å²) in [4.78, 5) is 9.77. The molecule has 0 radical (unpaired) electrons. The first-order chi connectivity index (χ1) is 11.0. The van der Waals surface area contributed by atoms with Crippen LogP contribution in [0.4, 0.5) is 13.2 Å². The summed E-state index contributed by atoms with van der Waals surface area (Å²) in [7, 11) is 0. The SMILES string of the molecule is FC(F)(F)c1ccnc(OC2CCN(C3CCSCC3)CC2)n1. The highest BCUT2D eigenvalue weighted by Crippen LogP contribution is 2.29. The number of thioether (sulfide) groups is 1. The molecule has 1 aromatic rings. The van der Waals surface area contributed by atoms with E-state index in [0.29, 0.717) is 6.04 Å². The molecule has 3 heterocycles. The Morgan fingerprint density at radius 1 is 1.13 bits per heavy atom. The molecule has 128 valence electrons. The molecule has 23 heavy (non-hydrogen) atoms. The van der Waals surface area contributed by atoms with E-state index in [0.717, 1.165) is 38.2 Å². The fourth-order valence-corrected chi connectivity index (χ4v) is 4.20. The molecule has 0 spiro atoms. The van der Waals surface area contributed by atoms with Crippen LogP contribution in [0.5, 0.6) is 6.01 Å². The van der Waals surface area contributed by atoms with Gasteiger partial charge >= 0.3 is 12.2 Å². The number of hydrogen-bond donors (Lipinski definition) is 0. The van der Waals surface area contributed by atoms with Crippen LogP contribution in [-0.2, 0) is 6.18 Å². The van der Waals surface area contributed by atoms with Crippen LogP contribution in [0.2, 0.25) is 0 Å². The van der Waals surface area contributed by atoms with Crippen LogP contribution in [-0.4, -0.2) is 51.6 Å². The lowest BCUT2D eigenvalue weighted by Crippen LogP contribution is -2.45. The molecule has 4 nitrogen and oxygen atoms in total. The normalized spacial score (nSPS) is 22.2.